The number of hydrogen-bond donors (Lipinski definition) is 3. The first-order valence-corrected chi connectivity index (χ1v) is 26.5. The molecule has 6 fully saturated rings. The highest BCUT2D eigenvalue weighted by molar-refractivity contribution is 6.64. The number of Topliss-reactive ketones (excluding diaryl/α,β-unsaturated/α-hetero) is 1. The van der Waals surface area contributed by atoms with E-state index in [0.717, 1.165) is 33.0 Å². The second kappa shape index (κ2) is 25.7. The molecule has 0 amide bonds. The Kier molecular flexibility index (Phi) is 24.4. The summed E-state index contributed by atoms with van der Waals surface area (Å²) in [5, 5.41) is 30.6. The van der Waals surface area contributed by atoms with Crippen LogP contribution in [0.4, 0.5) is 0 Å². The van der Waals surface area contributed by atoms with Gasteiger partial charge in [-0.3, -0.25) is 14.4 Å². The lowest BCUT2D eigenvalue weighted by Crippen LogP contribution is -2.05. The number of rotatable bonds is 12. The van der Waals surface area contributed by atoms with Crippen LogP contribution in [0.25, 0.3) is 0 Å². The number of aliphatic hydroxyl groups excluding tert-OH is 1. The van der Waals surface area contributed by atoms with Gasteiger partial charge in [0.15, 0.2) is 0 Å². The van der Waals surface area contributed by atoms with Gasteiger partial charge in [-0.2, -0.15) is 5.26 Å². The third kappa shape index (κ3) is 17.8. The lowest BCUT2D eigenvalue weighted by atomic mass is 10.1. The molecule has 0 spiro atoms. The van der Waals surface area contributed by atoms with E-state index in [1.807, 2.05) is 99.6 Å². The van der Waals surface area contributed by atoms with Crippen LogP contribution in [0.5, 0.6) is 0 Å². The van der Waals surface area contributed by atoms with Crippen molar-refractivity contribution in [3.63, 3.8) is 0 Å². The largest absolute Gasteiger partial charge is 0.481 e. The number of carbonyl (C=O) groups is 4. The Bertz CT molecular complexity index is 2020. The summed E-state index contributed by atoms with van der Waals surface area (Å²) in [6.07, 6.45) is 12.8. The molecule has 0 bridgehead atoms. The van der Waals surface area contributed by atoms with Crippen molar-refractivity contribution in [3.8, 4) is 6.07 Å². The van der Waals surface area contributed by atoms with Gasteiger partial charge in [0.1, 0.15) is 12.4 Å². The molecule has 0 heterocycles. The van der Waals surface area contributed by atoms with Crippen molar-refractivity contribution in [1.82, 2.24) is 0 Å². The Hall–Kier alpha value is -1.64. The van der Waals surface area contributed by atoms with E-state index < -0.39 is 5.97 Å². The monoisotopic (exact) mass is 1110 g/mol. The van der Waals surface area contributed by atoms with Gasteiger partial charge in [-0.1, -0.05) is 189 Å². The second-order valence-corrected chi connectivity index (χ2v) is 27.4. The average Bonchev–Trinajstić information content (AvgIpc) is 4.16. The molecule has 0 aromatic rings. The van der Waals surface area contributed by atoms with Crippen LogP contribution < -0.4 is 5.73 Å². The van der Waals surface area contributed by atoms with E-state index in [1.54, 1.807) is 19.9 Å². The molecule has 8 nitrogen and oxygen atoms in total. The minimum Gasteiger partial charge on any atom is -0.481 e. The SMILES string of the molecule is C/C(Cl)=C/[C@@H]1[C@@H](C(=O)C#N)C1(C)C.C/C(Cl)=C/[C@@H]1[C@@H](C(=O)Cl)C1(C)C.C/C(Cl)=C/[C@@H]1[C@@H](C(=O)O)C1(C)C.C/C(Cl)=C/[C@@H]1[C@@H](C=O)C1(C)C.C/C(Cl)=C/[C@@H]1[C@@H](CN)C1(C)C.C/C(Cl)=C/[C@@H]1[C@@H](CO)C1(C)C. The first-order valence-electron chi connectivity index (χ1n) is 23.8. The third-order valence-electron chi connectivity index (χ3n) is 16.0. The van der Waals surface area contributed by atoms with Gasteiger partial charge < -0.3 is 20.7 Å². The average molecular weight is 1110 g/mol. The predicted molar refractivity (Wildman–Crippen MR) is 294 cm³/mol. The number of nitrogens with two attached hydrogens (primary N) is 1. The van der Waals surface area contributed by atoms with Crippen LogP contribution in [0.2, 0.25) is 0 Å². The number of aldehydes is 1. The van der Waals surface area contributed by atoms with Crippen LogP contribution in [-0.2, 0) is 19.2 Å². The molecule has 12 atom stereocenters. The maximum atomic E-state index is 11.1. The molecule has 0 aromatic carbocycles. The van der Waals surface area contributed by atoms with Crippen molar-refractivity contribution in [2.75, 3.05) is 13.2 Å². The molecule has 6 rings (SSSR count). The van der Waals surface area contributed by atoms with Gasteiger partial charge in [-0.25, -0.2) is 0 Å². The molecule has 396 valence electrons. The zero-order valence-corrected chi connectivity index (χ0v) is 49.9. The Morgan fingerprint density at radius 2 is 0.786 bits per heavy atom. The number of nitriles is 1. The van der Waals surface area contributed by atoms with Crippen molar-refractivity contribution in [2.45, 2.75) is 125 Å². The zero-order chi connectivity index (χ0) is 55.2. The summed E-state index contributed by atoms with van der Waals surface area (Å²) in [5.74, 6) is 1.61. The van der Waals surface area contributed by atoms with Crippen molar-refractivity contribution in [2.24, 2.45) is 109 Å². The van der Waals surface area contributed by atoms with Crippen LogP contribution in [0.3, 0.4) is 0 Å². The number of nitrogens with zero attached hydrogens (tertiary/aromatic N) is 1. The minimum absolute atomic E-state index is 0.00498. The maximum Gasteiger partial charge on any atom is 0.307 e. The lowest BCUT2D eigenvalue weighted by molar-refractivity contribution is -0.139. The number of ketones is 1. The van der Waals surface area contributed by atoms with E-state index >= 15 is 0 Å². The number of aliphatic hydroxyl groups is 1. The quantitative estimate of drug-likeness (QED) is 0.0990. The highest BCUT2D eigenvalue weighted by atomic mass is 35.5. The van der Waals surface area contributed by atoms with Gasteiger partial charge >= 0.3 is 5.97 Å². The predicted octanol–water partition coefficient (Wildman–Crippen LogP) is 15.5. The topological polar surface area (TPSA) is 159 Å². The smallest absolute Gasteiger partial charge is 0.307 e. The maximum absolute atomic E-state index is 11.1. The first kappa shape index (κ1) is 66.4. The molecule has 70 heavy (non-hydrogen) atoms. The van der Waals surface area contributed by atoms with E-state index in [0.29, 0.717) is 45.1 Å². The molecule has 4 N–H and O–H groups in total. The van der Waals surface area contributed by atoms with Crippen LogP contribution in [0.15, 0.2) is 66.6 Å². The Labute approximate surface area is 455 Å². The van der Waals surface area contributed by atoms with E-state index in [9.17, 15) is 19.2 Å². The fourth-order valence-corrected chi connectivity index (χ4v) is 11.5. The van der Waals surface area contributed by atoms with Gasteiger partial charge in [0.25, 0.3) is 0 Å². The Morgan fingerprint density at radius 3 is 1.03 bits per heavy atom. The fourth-order valence-electron chi connectivity index (χ4n) is 10.3. The van der Waals surface area contributed by atoms with Crippen molar-refractivity contribution < 1.29 is 29.4 Å². The third-order valence-corrected chi connectivity index (χ3v) is 17.0. The normalized spacial score (nSPS) is 33.8. The van der Waals surface area contributed by atoms with Crippen molar-refractivity contribution in [3.05, 3.63) is 66.6 Å². The van der Waals surface area contributed by atoms with E-state index in [4.69, 9.17) is 102 Å². The summed E-state index contributed by atoms with van der Waals surface area (Å²) in [6.45, 7) is 37.0. The highest BCUT2D eigenvalue weighted by Crippen LogP contribution is 2.63. The summed E-state index contributed by atoms with van der Waals surface area (Å²) in [5.41, 5.74) is 6.15. The molecule has 0 saturated heterocycles. The van der Waals surface area contributed by atoms with Crippen molar-refractivity contribution >= 4 is 104 Å². The summed E-state index contributed by atoms with van der Waals surface area (Å²) < 4.78 is 0. The van der Waals surface area contributed by atoms with Crippen LogP contribution >= 0.6 is 81.2 Å². The molecule has 0 aliphatic heterocycles. The summed E-state index contributed by atoms with van der Waals surface area (Å²) in [7, 11) is 0. The molecule has 0 radical (unpaired) electrons. The zero-order valence-electron chi connectivity index (χ0n) is 44.6. The van der Waals surface area contributed by atoms with Gasteiger partial charge in [0.05, 0.1) is 5.92 Å². The Balaban J connectivity index is 0.000000420. The Morgan fingerprint density at radius 1 is 0.486 bits per heavy atom. The van der Waals surface area contributed by atoms with E-state index in [2.05, 4.69) is 47.6 Å². The van der Waals surface area contributed by atoms with Gasteiger partial charge in [-0.15, -0.1) is 0 Å². The molecule has 6 aliphatic carbocycles. The molecule has 6 saturated carbocycles. The molecule has 6 aliphatic rings. The van der Waals surface area contributed by atoms with Crippen LogP contribution in [-0.4, -0.2) is 46.6 Å². The first-order chi connectivity index (χ1) is 31.6. The number of halogens is 7. The van der Waals surface area contributed by atoms with Crippen LogP contribution in [0, 0.1) is 115 Å². The second-order valence-electron chi connectivity index (χ2n) is 23.4. The van der Waals surface area contributed by atoms with Gasteiger partial charge in [-0.05, 0) is 140 Å². The number of carbonyl (C=O) groups excluding carboxylic acids is 3. The minimum atomic E-state index is -0.723. The van der Waals surface area contributed by atoms with E-state index in [-0.39, 0.29) is 86.1 Å². The fraction of sp³-hybridized carbons (Fsp3) is 0.691. The summed E-state index contributed by atoms with van der Waals surface area (Å²) >= 11 is 39.8. The van der Waals surface area contributed by atoms with Gasteiger partial charge in [0.2, 0.25) is 11.0 Å². The van der Waals surface area contributed by atoms with Crippen molar-refractivity contribution in [1.29, 1.82) is 5.26 Å². The number of aliphatic carboxylic acids is 1. The number of allylic oxidation sites excluding steroid dienone is 12. The number of carboxylic acid groups (broad SMARTS) is 1. The van der Waals surface area contributed by atoms with E-state index in [1.165, 1.54) is 0 Å². The molecular formula is C55H81Cl7N2O6. The van der Waals surface area contributed by atoms with Crippen LogP contribution in [0.1, 0.15) is 125 Å². The molecular weight excluding hydrogens is 1030 g/mol. The number of hydrogen-bond acceptors (Lipinski definition) is 7. The molecule has 0 unspecified atom stereocenters. The standard InChI is InChI=1S/C10H12ClNO.C9H12Cl2O.C9H16ClN.C9H13ClO2.C9H15ClO.C9H13ClO/c1-6(11)4-7-9(8(13)5-12)10(7,2)3;1-5(10)4-6-7(8(11)12)9(6,2)3;1-6(10)4-7-8(5-11)9(7,2)3;1-5(10)4-6-7(8(11)12)9(6,2)3;2*1-6(10)4-7-8(5-11)9(7,2)3/h4,7,9H,1-3H3;4,6-7H,1-3H3;4,7-8H,5,11H2,1-3H3;4,6-7H,1-3H3,(H,11,12);4,7-8,11H,5H2,1-3H3;4-5,7-8H,1-3H3/b6-4-;5-4-;6-4-;5-4-;2*6-4-/t7-,9+;6-,7+;7-,8-;6-,7+;2*7-,8-/m111111/s1. The molecule has 0 aromatic heterocycles. The highest BCUT2D eigenvalue weighted by Gasteiger charge is 2.62. The molecule has 15 heteroatoms. The number of carboxylic acids is 1. The summed E-state index contributed by atoms with van der Waals surface area (Å²) in [6, 6.07) is 1.67. The summed E-state index contributed by atoms with van der Waals surface area (Å²) in [4.78, 5) is 43.3. The lowest BCUT2D eigenvalue weighted by Gasteiger charge is -1.97. The van der Waals surface area contributed by atoms with Gasteiger partial charge in [0, 0.05) is 54.6 Å².